The number of alkyl carbamates (subject to hydrolysis) is 1. The molecule has 0 bridgehead atoms. The van der Waals surface area contributed by atoms with Gasteiger partial charge >= 0.3 is 6.09 Å². The fourth-order valence-corrected chi connectivity index (χ4v) is 3.49. The summed E-state index contributed by atoms with van der Waals surface area (Å²) < 4.78 is 5.35. The molecule has 1 heterocycles. The molecular weight excluding hydrogens is 278 g/mol. The van der Waals surface area contributed by atoms with Gasteiger partial charge in [0.25, 0.3) is 0 Å². The molecule has 2 rings (SSSR count). The Kier molecular flexibility index (Phi) is 6.09. The first kappa shape index (κ1) is 17.5. The molecule has 1 saturated heterocycles. The minimum atomic E-state index is -0.417. The molecule has 5 nitrogen and oxygen atoms in total. The van der Waals surface area contributed by atoms with Crippen LogP contribution >= 0.6 is 0 Å². The number of hydrogen-bond acceptors (Lipinski definition) is 4. The Morgan fingerprint density at radius 1 is 1.05 bits per heavy atom. The summed E-state index contributed by atoms with van der Waals surface area (Å²) in [6.45, 7) is 10.5. The van der Waals surface area contributed by atoms with Gasteiger partial charge in [-0.25, -0.2) is 4.79 Å². The zero-order chi connectivity index (χ0) is 16.2. The molecule has 2 aliphatic rings. The largest absolute Gasteiger partial charge is 0.444 e. The molecule has 0 atom stereocenters. The second-order valence-corrected chi connectivity index (χ2v) is 7.84. The molecule has 1 saturated carbocycles. The van der Waals surface area contributed by atoms with Crippen molar-refractivity contribution < 1.29 is 9.53 Å². The standard InChI is InChI=1S/C17H33N3O2/c1-17(2,3)22-16(21)18-14-6-8-15(9-7-14)20-11-5-10-19(4)12-13-20/h14-15H,5-13H2,1-4H3,(H,18,21). The molecule has 0 spiro atoms. The van der Waals surface area contributed by atoms with Crippen LogP contribution in [0.1, 0.15) is 52.9 Å². The lowest BCUT2D eigenvalue weighted by molar-refractivity contribution is 0.0477. The smallest absolute Gasteiger partial charge is 0.407 e. The van der Waals surface area contributed by atoms with E-state index < -0.39 is 5.60 Å². The SMILES string of the molecule is CN1CCCN(C2CCC(NC(=O)OC(C)(C)C)CC2)CC1. The first-order valence-corrected chi connectivity index (χ1v) is 8.75. The van der Waals surface area contributed by atoms with Crippen molar-refractivity contribution in [1.82, 2.24) is 15.1 Å². The zero-order valence-electron chi connectivity index (χ0n) is 14.7. The number of nitrogens with zero attached hydrogens (tertiary/aromatic N) is 2. The van der Waals surface area contributed by atoms with Gasteiger partial charge in [-0.2, -0.15) is 0 Å². The van der Waals surface area contributed by atoms with Gasteiger partial charge in [0.05, 0.1) is 0 Å². The molecule has 0 aromatic rings. The van der Waals surface area contributed by atoms with E-state index >= 15 is 0 Å². The minimum Gasteiger partial charge on any atom is -0.444 e. The summed E-state index contributed by atoms with van der Waals surface area (Å²) in [5.74, 6) is 0. The molecule has 1 amide bonds. The Balaban J connectivity index is 1.72. The Bertz CT molecular complexity index is 359. The zero-order valence-corrected chi connectivity index (χ0v) is 14.7. The number of hydrogen-bond donors (Lipinski definition) is 1. The van der Waals surface area contributed by atoms with Crippen LogP contribution in [0.4, 0.5) is 4.79 Å². The maximum absolute atomic E-state index is 11.8. The molecular formula is C17H33N3O2. The average Bonchev–Trinajstić information content (AvgIpc) is 2.62. The van der Waals surface area contributed by atoms with Gasteiger partial charge in [0.2, 0.25) is 0 Å². The number of carbonyl (C=O) groups excluding carboxylic acids is 1. The summed E-state index contributed by atoms with van der Waals surface area (Å²) in [6.07, 6.45) is 5.50. The van der Waals surface area contributed by atoms with Crippen molar-refractivity contribution >= 4 is 6.09 Å². The van der Waals surface area contributed by atoms with Crippen LogP contribution in [-0.4, -0.2) is 66.8 Å². The van der Waals surface area contributed by atoms with Crippen LogP contribution in [-0.2, 0) is 4.74 Å². The lowest BCUT2D eigenvalue weighted by atomic mass is 9.90. The summed E-state index contributed by atoms with van der Waals surface area (Å²) >= 11 is 0. The van der Waals surface area contributed by atoms with Gasteiger partial charge in [0.1, 0.15) is 5.60 Å². The lowest BCUT2D eigenvalue weighted by Crippen LogP contribution is -2.46. The van der Waals surface area contributed by atoms with Crippen molar-refractivity contribution in [2.24, 2.45) is 0 Å². The quantitative estimate of drug-likeness (QED) is 0.851. The van der Waals surface area contributed by atoms with Crippen LogP contribution in [0.5, 0.6) is 0 Å². The molecule has 22 heavy (non-hydrogen) atoms. The van der Waals surface area contributed by atoms with E-state index in [9.17, 15) is 4.79 Å². The number of amides is 1. The third-order valence-electron chi connectivity index (χ3n) is 4.69. The molecule has 0 unspecified atom stereocenters. The van der Waals surface area contributed by atoms with Crippen molar-refractivity contribution in [1.29, 1.82) is 0 Å². The highest BCUT2D eigenvalue weighted by Gasteiger charge is 2.28. The third kappa shape index (κ3) is 5.76. The van der Waals surface area contributed by atoms with E-state index in [4.69, 9.17) is 4.74 Å². The van der Waals surface area contributed by atoms with Crippen LogP contribution in [0.15, 0.2) is 0 Å². The van der Waals surface area contributed by atoms with Crippen LogP contribution in [0, 0.1) is 0 Å². The van der Waals surface area contributed by atoms with E-state index in [1.807, 2.05) is 20.8 Å². The van der Waals surface area contributed by atoms with E-state index in [0.717, 1.165) is 12.8 Å². The summed E-state index contributed by atoms with van der Waals surface area (Å²) in [7, 11) is 2.21. The van der Waals surface area contributed by atoms with Gasteiger partial charge in [-0.3, -0.25) is 4.90 Å². The van der Waals surface area contributed by atoms with Crippen molar-refractivity contribution in [2.45, 2.75) is 70.6 Å². The van der Waals surface area contributed by atoms with Gasteiger partial charge in [-0.1, -0.05) is 0 Å². The highest BCUT2D eigenvalue weighted by Crippen LogP contribution is 2.24. The van der Waals surface area contributed by atoms with Crippen LogP contribution in [0.25, 0.3) is 0 Å². The van der Waals surface area contributed by atoms with Gasteiger partial charge in [-0.05, 0) is 73.0 Å². The molecule has 1 aliphatic heterocycles. The van der Waals surface area contributed by atoms with Crippen LogP contribution in [0.3, 0.4) is 0 Å². The number of nitrogens with one attached hydrogen (secondary N) is 1. The predicted octanol–water partition coefficient (Wildman–Crippen LogP) is 2.46. The molecule has 2 fully saturated rings. The predicted molar refractivity (Wildman–Crippen MR) is 89.1 cm³/mol. The highest BCUT2D eigenvalue weighted by atomic mass is 16.6. The minimum absolute atomic E-state index is 0.271. The monoisotopic (exact) mass is 311 g/mol. The molecule has 0 radical (unpaired) electrons. The maximum Gasteiger partial charge on any atom is 0.407 e. The van der Waals surface area contributed by atoms with Gasteiger partial charge in [0.15, 0.2) is 0 Å². The second-order valence-electron chi connectivity index (χ2n) is 7.84. The van der Waals surface area contributed by atoms with E-state index in [-0.39, 0.29) is 12.1 Å². The Morgan fingerprint density at radius 3 is 2.36 bits per heavy atom. The summed E-state index contributed by atoms with van der Waals surface area (Å²) in [6, 6.07) is 0.976. The van der Waals surface area contributed by atoms with E-state index in [1.54, 1.807) is 0 Å². The van der Waals surface area contributed by atoms with Crippen molar-refractivity contribution in [2.75, 3.05) is 33.2 Å². The first-order chi connectivity index (χ1) is 10.3. The van der Waals surface area contributed by atoms with Gasteiger partial charge in [-0.15, -0.1) is 0 Å². The van der Waals surface area contributed by atoms with E-state index in [1.165, 1.54) is 45.4 Å². The molecule has 5 heteroatoms. The van der Waals surface area contributed by atoms with Crippen molar-refractivity contribution in [3.05, 3.63) is 0 Å². The van der Waals surface area contributed by atoms with Crippen molar-refractivity contribution in [3.63, 3.8) is 0 Å². The fourth-order valence-electron chi connectivity index (χ4n) is 3.49. The number of ether oxygens (including phenoxy) is 1. The topological polar surface area (TPSA) is 44.8 Å². The van der Waals surface area contributed by atoms with E-state index in [0.29, 0.717) is 6.04 Å². The first-order valence-electron chi connectivity index (χ1n) is 8.75. The molecule has 0 aromatic heterocycles. The number of rotatable bonds is 2. The normalized spacial score (nSPS) is 28.9. The number of carbonyl (C=O) groups is 1. The fraction of sp³-hybridized carbons (Fsp3) is 0.941. The molecule has 0 aromatic carbocycles. The van der Waals surface area contributed by atoms with Gasteiger partial charge < -0.3 is 15.0 Å². The molecule has 1 N–H and O–H groups in total. The third-order valence-corrected chi connectivity index (χ3v) is 4.69. The Morgan fingerprint density at radius 2 is 1.73 bits per heavy atom. The molecule has 1 aliphatic carbocycles. The van der Waals surface area contributed by atoms with Crippen LogP contribution in [0.2, 0.25) is 0 Å². The second kappa shape index (κ2) is 7.64. The summed E-state index contributed by atoms with van der Waals surface area (Å²) in [5.41, 5.74) is -0.417. The maximum atomic E-state index is 11.8. The number of likely N-dealkylation sites (N-methyl/N-ethyl adjacent to an activating group) is 1. The van der Waals surface area contributed by atoms with Crippen molar-refractivity contribution in [3.8, 4) is 0 Å². The lowest BCUT2D eigenvalue weighted by Gasteiger charge is -2.36. The Hall–Kier alpha value is -0.810. The highest BCUT2D eigenvalue weighted by molar-refractivity contribution is 5.68. The van der Waals surface area contributed by atoms with E-state index in [2.05, 4.69) is 22.2 Å². The van der Waals surface area contributed by atoms with Gasteiger partial charge in [0, 0.05) is 25.2 Å². The molecule has 128 valence electrons. The summed E-state index contributed by atoms with van der Waals surface area (Å²) in [5, 5.41) is 3.03. The van der Waals surface area contributed by atoms with Crippen LogP contribution < -0.4 is 5.32 Å². The average molecular weight is 311 g/mol. The Labute approximate surface area is 135 Å². The summed E-state index contributed by atoms with van der Waals surface area (Å²) in [4.78, 5) is 16.9.